The van der Waals surface area contributed by atoms with Crippen molar-refractivity contribution in [1.82, 2.24) is 5.32 Å². The monoisotopic (exact) mass is 201 g/mol. The zero-order valence-electron chi connectivity index (χ0n) is 9.01. The van der Waals surface area contributed by atoms with Gasteiger partial charge in [0.1, 0.15) is 0 Å². The Morgan fingerprint density at radius 2 is 2.08 bits per heavy atom. The van der Waals surface area contributed by atoms with Crippen molar-refractivity contribution in [3.8, 4) is 0 Å². The Morgan fingerprint density at radius 1 is 1.38 bits per heavy atom. The molecule has 0 aromatic rings. The minimum absolute atomic E-state index is 0.757. The standard InChI is InChI=1S/C11H23NS/c1-3-13-9-11(12-2)8-10-6-4-5-7-10/h10-12H,3-9H2,1-2H3. The van der Waals surface area contributed by atoms with Crippen LogP contribution in [0.4, 0.5) is 0 Å². The highest BCUT2D eigenvalue weighted by atomic mass is 32.2. The molecule has 0 bridgehead atoms. The van der Waals surface area contributed by atoms with Crippen molar-refractivity contribution in [3.63, 3.8) is 0 Å². The number of rotatable bonds is 6. The molecule has 0 aromatic heterocycles. The lowest BCUT2D eigenvalue weighted by molar-refractivity contribution is 0.427. The van der Waals surface area contributed by atoms with Gasteiger partial charge in [-0.3, -0.25) is 0 Å². The summed E-state index contributed by atoms with van der Waals surface area (Å²) in [6.07, 6.45) is 7.32. The first kappa shape index (κ1) is 11.4. The molecule has 0 spiro atoms. The smallest absolute Gasteiger partial charge is 0.0157 e. The molecule has 1 rings (SSSR count). The van der Waals surface area contributed by atoms with Crippen molar-refractivity contribution < 1.29 is 0 Å². The predicted molar refractivity (Wildman–Crippen MR) is 62.4 cm³/mol. The third-order valence-corrected chi connectivity index (χ3v) is 4.07. The van der Waals surface area contributed by atoms with Crippen LogP contribution in [0.1, 0.15) is 39.0 Å². The highest BCUT2D eigenvalue weighted by Gasteiger charge is 2.18. The van der Waals surface area contributed by atoms with Crippen molar-refractivity contribution in [1.29, 1.82) is 0 Å². The molecule has 1 unspecified atom stereocenters. The van der Waals surface area contributed by atoms with Crippen LogP contribution >= 0.6 is 11.8 Å². The van der Waals surface area contributed by atoms with Gasteiger partial charge >= 0.3 is 0 Å². The average molecular weight is 201 g/mol. The van der Waals surface area contributed by atoms with E-state index in [0.29, 0.717) is 0 Å². The fourth-order valence-corrected chi connectivity index (χ4v) is 3.00. The predicted octanol–water partition coefficient (Wildman–Crippen LogP) is 2.91. The molecule has 0 saturated heterocycles. The van der Waals surface area contributed by atoms with Crippen LogP contribution in [0, 0.1) is 5.92 Å². The average Bonchev–Trinajstić information content (AvgIpc) is 2.64. The van der Waals surface area contributed by atoms with Crippen LogP contribution in [-0.2, 0) is 0 Å². The van der Waals surface area contributed by atoms with E-state index < -0.39 is 0 Å². The maximum Gasteiger partial charge on any atom is 0.0157 e. The van der Waals surface area contributed by atoms with Crippen molar-refractivity contribution in [2.75, 3.05) is 18.6 Å². The largest absolute Gasteiger partial charge is 0.316 e. The molecule has 0 heterocycles. The number of hydrogen-bond acceptors (Lipinski definition) is 2. The van der Waals surface area contributed by atoms with Gasteiger partial charge in [0.2, 0.25) is 0 Å². The topological polar surface area (TPSA) is 12.0 Å². The zero-order valence-corrected chi connectivity index (χ0v) is 9.83. The molecule has 1 nitrogen and oxygen atoms in total. The van der Waals surface area contributed by atoms with Crippen LogP contribution in [0.2, 0.25) is 0 Å². The van der Waals surface area contributed by atoms with E-state index in [4.69, 9.17) is 0 Å². The van der Waals surface area contributed by atoms with Gasteiger partial charge in [-0.1, -0.05) is 32.6 Å². The van der Waals surface area contributed by atoms with E-state index in [1.165, 1.54) is 43.6 Å². The summed E-state index contributed by atoms with van der Waals surface area (Å²) in [5, 5.41) is 3.44. The normalized spacial score (nSPS) is 20.8. The maximum absolute atomic E-state index is 3.44. The molecule has 0 amide bonds. The summed E-state index contributed by atoms with van der Waals surface area (Å²) in [6.45, 7) is 2.24. The van der Waals surface area contributed by atoms with E-state index >= 15 is 0 Å². The molecule has 1 atom stereocenters. The van der Waals surface area contributed by atoms with Crippen LogP contribution in [0.3, 0.4) is 0 Å². The van der Waals surface area contributed by atoms with E-state index in [9.17, 15) is 0 Å². The fourth-order valence-electron chi connectivity index (χ4n) is 2.18. The van der Waals surface area contributed by atoms with Crippen LogP contribution in [0.5, 0.6) is 0 Å². The Kier molecular flexibility index (Phi) is 5.88. The number of hydrogen-bond donors (Lipinski definition) is 1. The molecule has 2 heteroatoms. The lowest BCUT2D eigenvalue weighted by Gasteiger charge is -2.19. The van der Waals surface area contributed by atoms with Gasteiger partial charge in [0.25, 0.3) is 0 Å². The van der Waals surface area contributed by atoms with Crippen molar-refractivity contribution >= 4 is 11.8 Å². The second-order valence-corrected chi connectivity index (χ2v) is 5.35. The lowest BCUT2D eigenvalue weighted by Crippen LogP contribution is -2.29. The Balaban J connectivity index is 2.13. The highest BCUT2D eigenvalue weighted by Crippen LogP contribution is 2.29. The molecule has 1 N–H and O–H groups in total. The zero-order chi connectivity index (χ0) is 9.52. The summed E-state index contributed by atoms with van der Waals surface area (Å²) < 4.78 is 0. The van der Waals surface area contributed by atoms with Gasteiger partial charge < -0.3 is 5.32 Å². The minimum atomic E-state index is 0.757. The summed E-state index contributed by atoms with van der Waals surface area (Å²) in [5.41, 5.74) is 0. The summed E-state index contributed by atoms with van der Waals surface area (Å²) in [7, 11) is 2.11. The Morgan fingerprint density at radius 3 is 2.62 bits per heavy atom. The third kappa shape index (κ3) is 4.37. The molecule has 1 fully saturated rings. The maximum atomic E-state index is 3.44. The first-order valence-corrected chi connectivity index (χ1v) is 6.77. The van der Waals surface area contributed by atoms with Gasteiger partial charge in [0.15, 0.2) is 0 Å². The van der Waals surface area contributed by atoms with Crippen molar-refractivity contribution in [2.24, 2.45) is 5.92 Å². The van der Waals surface area contributed by atoms with E-state index in [0.717, 1.165) is 12.0 Å². The quantitative estimate of drug-likeness (QED) is 0.709. The highest BCUT2D eigenvalue weighted by molar-refractivity contribution is 7.99. The van der Waals surface area contributed by atoms with Crippen molar-refractivity contribution in [3.05, 3.63) is 0 Å². The van der Waals surface area contributed by atoms with Gasteiger partial charge in [0, 0.05) is 11.8 Å². The first-order chi connectivity index (χ1) is 6.36. The molecule has 0 radical (unpaired) electrons. The number of nitrogens with one attached hydrogen (secondary N) is 1. The van der Waals surface area contributed by atoms with Crippen LogP contribution in [0.25, 0.3) is 0 Å². The first-order valence-electron chi connectivity index (χ1n) is 5.61. The third-order valence-electron chi connectivity index (χ3n) is 3.02. The number of thioether (sulfide) groups is 1. The Hall–Kier alpha value is 0.310. The van der Waals surface area contributed by atoms with E-state index in [-0.39, 0.29) is 0 Å². The van der Waals surface area contributed by atoms with Crippen molar-refractivity contribution in [2.45, 2.75) is 45.1 Å². The Labute approximate surface area is 87.1 Å². The lowest BCUT2D eigenvalue weighted by atomic mass is 9.99. The van der Waals surface area contributed by atoms with Gasteiger partial charge in [-0.05, 0) is 25.1 Å². The molecular weight excluding hydrogens is 178 g/mol. The van der Waals surface area contributed by atoms with E-state index in [1.54, 1.807) is 0 Å². The molecule has 78 valence electrons. The van der Waals surface area contributed by atoms with Gasteiger partial charge in [-0.2, -0.15) is 11.8 Å². The fraction of sp³-hybridized carbons (Fsp3) is 1.00. The van der Waals surface area contributed by atoms with Crippen LogP contribution in [0.15, 0.2) is 0 Å². The Bertz CT molecular complexity index is 121. The molecule has 1 aliphatic carbocycles. The molecule has 1 aliphatic rings. The second kappa shape index (κ2) is 6.72. The van der Waals surface area contributed by atoms with E-state index in [2.05, 4.69) is 31.1 Å². The molecule has 1 saturated carbocycles. The second-order valence-electron chi connectivity index (χ2n) is 4.03. The van der Waals surface area contributed by atoms with Gasteiger partial charge in [-0.25, -0.2) is 0 Å². The van der Waals surface area contributed by atoms with Crippen LogP contribution in [-0.4, -0.2) is 24.6 Å². The van der Waals surface area contributed by atoms with Crippen LogP contribution < -0.4 is 5.32 Å². The summed E-state index contributed by atoms with van der Waals surface area (Å²) >= 11 is 2.06. The van der Waals surface area contributed by atoms with Gasteiger partial charge in [0.05, 0.1) is 0 Å². The summed E-state index contributed by atoms with van der Waals surface area (Å²) in [5.74, 6) is 3.57. The van der Waals surface area contributed by atoms with Gasteiger partial charge in [-0.15, -0.1) is 0 Å². The SMILES string of the molecule is CCSCC(CC1CCCC1)NC. The minimum Gasteiger partial charge on any atom is -0.316 e. The molecule has 0 aromatic carbocycles. The summed E-state index contributed by atoms with van der Waals surface area (Å²) in [6, 6.07) is 0.757. The molecule has 13 heavy (non-hydrogen) atoms. The molecular formula is C11H23NS. The molecule has 0 aliphatic heterocycles. The summed E-state index contributed by atoms with van der Waals surface area (Å²) in [4.78, 5) is 0. The van der Waals surface area contributed by atoms with E-state index in [1.807, 2.05) is 0 Å².